The largest absolute Gasteiger partial charge is 0.469 e. The van der Waals surface area contributed by atoms with Crippen molar-refractivity contribution in [3.8, 4) is 11.8 Å². The summed E-state index contributed by atoms with van der Waals surface area (Å²) in [6, 6.07) is 3.42. The molecule has 39 heavy (non-hydrogen) atoms. The fourth-order valence-corrected chi connectivity index (χ4v) is 5.94. The zero-order chi connectivity index (χ0) is 28.3. The highest BCUT2D eigenvalue weighted by Gasteiger charge is 2.48. The van der Waals surface area contributed by atoms with Crippen molar-refractivity contribution in [2.45, 2.75) is 110 Å². The van der Waals surface area contributed by atoms with Gasteiger partial charge in [0, 0.05) is 25.0 Å². The number of carbonyl (C=O) groups excluding carboxylic acids is 2. The average Bonchev–Trinajstić information content (AvgIpc) is 2.91. The Bertz CT molecular complexity index is 1110. The molecule has 2 unspecified atom stereocenters. The Balaban J connectivity index is 1.53. The molecule has 1 aliphatic carbocycles. The monoisotopic (exact) mass is 551 g/mol. The highest BCUT2D eigenvalue weighted by molar-refractivity contribution is 7.82. The summed E-state index contributed by atoms with van der Waals surface area (Å²) in [5.41, 5.74) is 1.97. The summed E-state index contributed by atoms with van der Waals surface area (Å²) in [6.45, 7) is 8.68. The minimum absolute atomic E-state index is 0.0169. The number of nitrogens with zero attached hydrogens (tertiary/aromatic N) is 1. The number of hydrogen-bond donors (Lipinski definition) is 1. The fraction of sp³-hybridized carbons (Fsp3) is 0.606. The van der Waals surface area contributed by atoms with Crippen molar-refractivity contribution in [3.05, 3.63) is 53.1 Å². The number of allylic oxidation sites excluding steroid dienone is 3. The van der Waals surface area contributed by atoms with Crippen molar-refractivity contribution in [1.82, 2.24) is 4.98 Å². The normalized spacial score (nSPS) is 21.4. The van der Waals surface area contributed by atoms with E-state index in [2.05, 4.69) is 37.6 Å². The first-order valence-electron chi connectivity index (χ1n) is 14.7. The van der Waals surface area contributed by atoms with Gasteiger partial charge in [-0.2, -0.15) is 0 Å². The molecule has 0 saturated carbocycles. The van der Waals surface area contributed by atoms with E-state index in [1.807, 2.05) is 12.2 Å². The molecule has 212 valence electrons. The highest BCUT2D eigenvalue weighted by Crippen LogP contribution is 2.50. The van der Waals surface area contributed by atoms with Crippen LogP contribution in [0.5, 0.6) is 0 Å². The first-order chi connectivity index (χ1) is 18.7. The zero-order valence-corrected chi connectivity index (χ0v) is 25.1. The van der Waals surface area contributed by atoms with Crippen molar-refractivity contribution in [3.63, 3.8) is 0 Å². The van der Waals surface area contributed by atoms with E-state index < -0.39 is 4.93 Å². The van der Waals surface area contributed by atoms with Crippen molar-refractivity contribution in [2.24, 2.45) is 11.3 Å². The summed E-state index contributed by atoms with van der Waals surface area (Å²) in [5.74, 6) is 6.89. The average molecular weight is 552 g/mol. The molecular weight excluding hydrogens is 506 g/mol. The van der Waals surface area contributed by atoms with Crippen LogP contribution in [0.2, 0.25) is 0 Å². The second kappa shape index (κ2) is 14.7. The maximum absolute atomic E-state index is 13.2. The van der Waals surface area contributed by atoms with Crippen LogP contribution in [-0.4, -0.2) is 28.3 Å². The Morgan fingerprint density at radius 2 is 1.77 bits per heavy atom. The lowest BCUT2D eigenvalue weighted by molar-refractivity contribution is -0.134. The summed E-state index contributed by atoms with van der Waals surface area (Å²) >= 11 is 4.80. The van der Waals surface area contributed by atoms with Crippen LogP contribution >= 0.6 is 12.6 Å². The first kappa shape index (κ1) is 31.0. The minimum atomic E-state index is -1.09. The topological polar surface area (TPSA) is 65.5 Å². The Hall–Kier alpha value is -2.52. The number of hydrogen-bond acceptors (Lipinski definition) is 6. The van der Waals surface area contributed by atoms with E-state index >= 15 is 0 Å². The van der Waals surface area contributed by atoms with Crippen molar-refractivity contribution >= 4 is 24.4 Å². The molecule has 0 amide bonds. The van der Waals surface area contributed by atoms with Gasteiger partial charge in [-0.1, -0.05) is 84.1 Å². The van der Waals surface area contributed by atoms with Crippen LogP contribution in [0.15, 0.2) is 41.8 Å². The SMILES string of the molecule is CCCCCCCCCCCC(=O)C1(S)CC(C)(C)C2=C(C=CC(C#Cc3ccc(C(=O)OCC)cn3)C2)O1. The molecule has 5 nitrogen and oxygen atoms in total. The second-order valence-electron chi connectivity index (χ2n) is 11.4. The first-order valence-corrected chi connectivity index (χ1v) is 15.1. The number of unbranched alkanes of at least 4 members (excludes halogenated alkanes) is 8. The molecule has 2 heterocycles. The Labute approximate surface area is 240 Å². The molecule has 1 aliphatic heterocycles. The molecule has 0 N–H and O–H groups in total. The van der Waals surface area contributed by atoms with Gasteiger partial charge in [-0.3, -0.25) is 4.79 Å². The number of Topliss-reactive ketones (excluding diaryl/α,β-unsaturated/α-hetero) is 1. The molecule has 1 aromatic rings. The van der Waals surface area contributed by atoms with E-state index in [4.69, 9.17) is 22.1 Å². The third-order valence-corrected chi connectivity index (χ3v) is 8.08. The van der Waals surface area contributed by atoms with Crippen LogP contribution in [0, 0.1) is 23.2 Å². The van der Waals surface area contributed by atoms with Gasteiger partial charge in [-0.25, -0.2) is 9.78 Å². The van der Waals surface area contributed by atoms with Crippen LogP contribution in [0.4, 0.5) is 0 Å². The molecule has 1 aromatic heterocycles. The van der Waals surface area contributed by atoms with Crippen molar-refractivity contribution in [2.75, 3.05) is 6.61 Å². The molecule has 0 radical (unpaired) electrons. The number of aromatic nitrogens is 1. The summed E-state index contributed by atoms with van der Waals surface area (Å²) in [6.07, 6.45) is 18.3. The van der Waals surface area contributed by atoms with Gasteiger partial charge in [0.05, 0.1) is 12.2 Å². The maximum Gasteiger partial charge on any atom is 0.339 e. The molecule has 0 saturated heterocycles. The Kier molecular flexibility index (Phi) is 11.7. The molecule has 0 bridgehead atoms. The van der Waals surface area contributed by atoms with Gasteiger partial charge in [0.15, 0.2) is 5.78 Å². The van der Waals surface area contributed by atoms with Gasteiger partial charge >= 0.3 is 5.97 Å². The van der Waals surface area contributed by atoms with Crippen molar-refractivity contribution < 1.29 is 19.1 Å². The maximum atomic E-state index is 13.2. The second-order valence-corrected chi connectivity index (χ2v) is 12.1. The number of ketones is 1. The standard InChI is InChI=1S/C33H45NO4S/c1-5-7-8-9-10-11-12-13-14-15-30(35)33(39)24-32(3,4)28-22-25(17-21-29(28)38-33)16-19-27-20-18-26(23-34-27)31(36)37-6-2/h17-18,20-21,23,25,39H,5-15,22,24H2,1-4H3. The highest BCUT2D eigenvalue weighted by atomic mass is 32.1. The third kappa shape index (κ3) is 9.00. The van der Waals surface area contributed by atoms with Crippen molar-refractivity contribution in [1.29, 1.82) is 0 Å². The van der Waals surface area contributed by atoms with Gasteiger partial charge in [-0.15, -0.1) is 12.6 Å². The number of pyridine rings is 1. The molecule has 2 atom stereocenters. The van der Waals surface area contributed by atoms with E-state index in [0.29, 0.717) is 30.7 Å². The van der Waals surface area contributed by atoms with Crippen LogP contribution < -0.4 is 0 Å². The van der Waals surface area contributed by atoms with E-state index in [1.54, 1.807) is 19.1 Å². The third-order valence-electron chi connectivity index (χ3n) is 7.58. The molecule has 3 rings (SSSR count). The van der Waals surface area contributed by atoms with Gasteiger partial charge in [0.2, 0.25) is 4.93 Å². The van der Waals surface area contributed by atoms with Crippen LogP contribution in [0.3, 0.4) is 0 Å². The van der Waals surface area contributed by atoms with Crippen LogP contribution in [0.1, 0.15) is 121 Å². The van der Waals surface area contributed by atoms with E-state index in [9.17, 15) is 9.59 Å². The van der Waals surface area contributed by atoms with Crippen LogP contribution in [-0.2, 0) is 14.3 Å². The lowest BCUT2D eigenvalue weighted by Gasteiger charge is -2.45. The van der Waals surface area contributed by atoms with Gasteiger partial charge in [0.25, 0.3) is 0 Å². The Morgan fingerprint density at radius 1 is 1.08 bits per heavy atom. The Morgan fingerprint density at radius 3 is 2.41 bits per heavy atom. The van der Waals surface area contributed by atoms with Gasteiger partial charge in [0.1, 0.15) is 11.5 Å². The fourth-order valence-electron chi connectivity index (χ4n) is 5.34. The smallest absolute Gasteiger partial charge is 0.339 e. The number of carbonyl (C=O) groups is 2. The number of rotatable bonds is 13. The zero-order valence-electron chi connectivity index (χ0n) is 24.2. The summed E-state index contributed by atoms with van der Waals surface area (Å²) in [5, 5.41) is 0. The van der Waals surface area contributed by atoms with E-state index in [1.165, 1.54) is 56.7 Å². The summed E-state index contributed by atoms with van der Waals surface area (Å²) < 4.78 is 11.3. The minimum Gasteiger partial charge on any atom is -0.469 e. The molecule has 0 fully saturated rings. The molecule has 6 heteroatoms. The van der Waals surface area contributed by atoms with E-state index in [0.717, 1.165) is 25.0 Å². The predicted octanol–water partition coefficient (Wildman–Crippen LogP) is 8.00. The molecule has 0 aromatic carbocycles. The molecular formula is C33H45NO4S. The number of esters is 1. The molecule has 0 spiro atoms. The summed E-state index contributed by atoms with van der Waals surface area (Å²) in [7, 11) is 0. The molecule has 2 aliphatic rings. The van der Waals surface area contributed by atoms with Gasteiger partial charge < -0.3 is 9.47 Å². The predicted molar refractivity (Wildman–Crippen MR) is 159 cm³/mol. The lowest BCUT2D eigenvalue weighted by Crippen LogP contribution is -2.45. The van der Waals surface area contributed by atoms with Crippen LogP contribution in [0.25, 0.3) is 0 Å². The van der Waals surface area contributed by atoms with Gasteiger partial charge in [-0.05, 0) is 54.9 Å². The summed E-state index contributed by atoms with van der Waals surface area (Å²) in [4.78, 5) is 28.2. The quantitative estimate of drug-likeness (QED) is 0.116. The lowest BCUT2D eigenvalue weighted by atomic mass is 9.71. The number of thiol groups is 1. The number of ether oxygens (including phenoxy) is 2. The van der Waals surface area contributed by atoms with E-state index in [-0.39, 0.29) is 23.1 Å².